The third-order valence-electron chi connectivity index (χ3n) is 2.89. The van der Waals surface area contributed by atoms with Crippen LogP contribution in [0.2, 0.25) is 0 Å². The highest BCUT2D eigenvalue weighted by Crippen LogP contribution is 2.33. The molecular weight excluding hydrogens is 188 g/mol. The van der Waals surface area contributed by atoms with Crippen molar-refractivity contribution in [3.05, 3.63) is 29.3 Å². The van der Waals surface area contributed by atoms with Gasteiger partial charge in [-0.05, 0) is 23.0 Å². The highest BCUT2D eigenvalue weighted by molar-refractivity contribution is 5.44. The average molecular weight is 206 g/mol. The van der Waals surface area contributed by atoms with E-state index in [1.165, 1.54) is 11.1 Å². The Labute approximate surface area is 90.9 Å². The van der Waals surface area contributed by atoms with Crippen molar-refractivity contribution in [1.82, 2.24) is 0 Å². The Morgan fingerprint density at radius 3 is 2.93 bits per heavy atom. The van der Waals surface area contributed by atoms with E-state index in [0.717, 1.165) is 25.2 Å². The third kappa shape index (κ3) is 2.15. The van der Waals surface area contributed by atoms with Crippen molar-refractivity contribution >= 4 is 0 Å². The Bertz CT molecular complexity index is 356. The lowest BCUT2D eigenvalue weighted by Crippen LogP contribution is -2.20. The van der Waals surface area contributed by atoms with Crippen molar-refractivity contribution < 1.29 is 9.84 Å². The van der Waals surface area contributed by atoms with Crippen LogP contribution >= 0.6 is 0 Å². The third-order valence-corrected chi connectivity index (χ3v) is 2.89. The van der Waals surface area contributed by atoms with E-state index in [4.69, 9.17) is 4.74 Å². The van der Waals surface area contributed by atoms with Gasteiger partial charge in [0.25, 0.3) is 0 Å². The molecule has 1 aromatic rings. The van der Waals surface area contributed by atoms with Gasteiger partial charge >= 0.3 is 0 Å². The molecule has 15 heavy (non-hydrogen) atoms. The van der Waals surface area contributed by atoms with Gasteiger partial charge in [-0.1, -0.05) is 32.0 Å². The number of para-hydroxylation sites is 1. The maximum atomic E-state index is 9.26. The van der Waals surface area contributed by atoms with Crippen molar-refractivity contribution in [2.75, 3.05) is 13.2 Å². The van der Waals surface area contributed by atoms with Crippen LogP contribution in [-0.4, -0.2) is 18.3 Å². The summed E-state index contributed by atoms with van der Waals surface area (Å²) in [5, 5.41) is 9.26. The fourth-order valence-corrected chi connectivity index (χ4v) is 1.99. The first-order chi connectivity index (χ1) is 7.12. The van der Waals surface area contributed by atoms with Crippen LogP contribution in [0.15, 0.2) is 18.2 Å². The van der Waals surface area contributed by atoms with Gasteiger partial charge in [-0.15, -0.1) is 0 Å². The van der Waals surface area contributed by atoms with Crippen molar-refractivity contribution in [2.24, 2.45) is 5.41 Å². The van der Waals surface area contributed by atoms with Crippen molar-refractivity contribution in [3.63, 3.8) is 0 Å². The number of ether oxygens (including phenoxy) is 1. The van der Waals surface area contributed by atoms with E-state index in [9.17, 15) is 5.11 Å². The zero-order valence-electron chi connectivity index (χ0n) is 9.42. The van der Waals surface area contributed by atoms with Gasteiger partial charge in [-0.3, -0.25) is 0 Å². The molecule has 0 amide bonds. The second kappa shape index (κ2) is 3.86. The summed E-state index contributed by atoms with van der Waals surface area (Å²) < 4.78 is 5.64. The monoisotopic (exact) mass is 206 g/mol. The Morgan fingerprint density at radius 2 is 2.20 bits per heavy atom. The Hall–Kier alpha value is -1.02. The molecule has 0 bridgehead atoms. The van der Waals surface area contributed by atoms with Gasteiger partial charge in [-0.25, -0.2) is 0 Å². The van der Waals surface area contributed by atoms with Gasteiger partial charge in [0.2, 0.25) is 0 Å². The van der Waals surface area contributed by atoms with E-state index in [1.54, 1.807) is 0 Å². The molecule has 1 N–H and O–H groups in total. The molecule has 1 aliphatic rings. The molecule has 0 fully saturated rings. The summed E-state index contributed by atoms with van der Waals surface area (Å²) in [4.78, 5) is 0. The molecule has 0 saturated heterocycles. The summed E-state index contributed by atoms with van der Waals surface area (Å²) in [5.74, 6) is 1.05. The van der Waals surface area contributed by atoms with Crippen LogP contribution in [-0.2, 0) is 12.8 Å². The van der Waals surface area contributed by atoms with E-state index in [-0.39, 0.29) is 12.0 Å². The largest absolute Gasteiger partial charge is 0.493 e. The molecular formula is C13H18O2. The molecule has 1 heterocycles. The molecule has 0 spiro atoms. The number of aliphatic hydroxyl groups excluding tert-OH is 1. The van der Waals surface area contributed by atoms with E-state index in [1.807, 2.05) is 0 Å². The quantitative estimate of drug-likeness (QED) is 0.821. The number of aliphatic hydroxyl groups is 1. The number of rotatable bonds is 3. The molecule has 1 aromatic carbocycles. The fourth-order valence-electron chi connectivity index (χ4n) is 1.99. The van der Waals surface area contributed by atoms with Gasteiger partial charge in [0.15, 0.2) is 0 Å². The summed E-state index contributed by atoms with van der Waals surface area (Å²) in [6, 6.07) is 6.30. The predicted octanol–water partition coefficient (Wildman–Crippen LogP) is 2.18. The molecule has 0 unspecified atom stereocenters. The molecule has 2 heteroatoms. The summed E-state index contributed by atoms with van der Waals surface area (Å²) in [6.45, 7) is 5.14. The lowest BCUT2D eigenvalue weighted by molar-refractivity contribution is 0.158. The van der Waals surface area contributed by atoms with Gasteiger partial charge in [0.1, 0.15) is 5.75 Å². The minimum Gasteiger partial charge on any atom is -0.493 e. The van der Waals surface area contributed by atoms with Crippen LogP contribution in [0, 0.1) is 5.41 Å². The topological polar surface area (TPSA) is 29.5 Å². The first-order valence-electron chi connectivity index (χ1n) is 5.47. The SMILES string of the molecule is CC(C)(CO)Cc1cccc2c1OCC2. The number of benzene rings is 1. The molecule has 2 rings (SSSR count). The zero-order valence-corrected chi connectivity index (χ0v) is 9.42. The van der Waals surface area contributed by atoms with Crippen molar-refractivity contribution in [1.29, 1.82) is 0 Å². The Kier molecular flexibility index (Phi) is 2.70. The second-order valence-corrected chi connectivity index (χ2v) is 5.00. The normalized spacial score (nSPS) is 14.9. The van der Waals surface area contributed by atoms with Crippen LogP contribution in [0.3, 0.4) is 0 Å². The van der Waals surface area contributed by atoms with Gasteiger partial charge in [0.05, 0.1) is 6.61 Å². The average Bonchev–Trinajstić information content (AvgIpc) is 2.66. The number of hydrogen-bond acceptors (Lipinski definition) is 2. The number of fused-ring (bicyclic) bond motifs is 1. The van der Waals surface area contributed by atoms with Crippen LogP contribution in [0.5, 0.6) is 5.75 Å². The predicted molar refractivity (Wildman–Crippen MR) is 60.2 cm³/mol. The first kappa shape index (κ1) is 10.5. The summed E-state index contributed by atoms with van der Waals surface area (Å²) in [5.41, 5.74) is 2.46. The molecule has 82 valence electrons. The lowest BCUT2D eigenvalue weighted by atomic mass is 9.86. The van der Waals surface area contributed by atoms with Crippen LogP contribution in [0.1, 0.15) is 25.0 Å². The number of hydrogen-bond donors (Lipinski definition) is 1. The van der Waals surface area contributed by atoms with Crippen molar-refractivity contribution in [3.8, 4) is 5.75 Å². The Balaban J connectivity index is 2.26. The lowest BCUT2D eigenvalue weighted by Gasteiger charge is -2.22. The standard InChI is InChI=1S/C13H18O2/c1-13(2,9-14)8-11-5-3-4-10-6-7-15-12(10)11/h3-5,14H,6-9H2,1-2H3. The first-order valence-corrected chi connectivity index (χ1v) is 5.47. The van der Waals surface area contributed by atoms with Crippen LogP contribution in [0.4, 0.5) is 0 Å². The molecule has 0 saturated carbocycles. The summed E-state index contributed by atoms with van der Waals surface area (Å²) in [7, 11) is 0. The molecule has 0 atom stereocenters. The summed E-state index contributed by atoms with van der Waals surface area (Å²) in [6.07, 6.45) is 1.88. The van der Waals surface area contributed by atoms with E-state index in [0.29, 0.717) is 0 Å². The smallest absolute Gasteiger partial charge is 0.125 e. The minimum atomic E-state index is -0.0684. The van der Waals surface area contributed by atoms with E-state index < -0.39 is 0 Å². The van der Waals surface area contributed by atoms with Crippen LogP contribution in [0.25, 0.3) is 0 Å². The molecule has 1 aliphatic heterocycles. The second-order valence-electron chi connectivity index (χ2n) is 5.00. The molecule has 2 nitrogen and oxygen atoms in total. The fraction of sp³-hybridized carbons (Fsp3) is 0.538. The molecule has 0 aromatic heterocycles. The highest BCUT2D eigenvalue weighted by atomic mass is 16.5. The highest BCUT2D eigenvalue weighted by Gasteiger charge is 2.22. The Morgan fingerprint density at radius 1 is 1.40 bits per heavy atom. The maximum Gasteiger partial charge on any atom is 0.125 e. The summed E-state index contributed by atoms with van der Waals surface area (Å²) >= 11 is 0. The molecule has 0 aliphatic carbocycles. The van der Waals surface area contributed by atoms with Gasteiger partial charge < -0.3 is 9.84 Å². The minimum absolute atomic E-state index is 0.0684. The zero-order chi connectivity index (χ0) is 10.9. The van der Waals surface area contributed by atoms with E-state index in [2.05, 4.69) is 32.0 Å². The van der Waals surface area contributed by atoms with E-state index >= 15 is 0 Å². The van der Waals surface area contributed by atoms with Gasteiger partial charge in [0, 0.05) is 13.0 Å². The van der Waals surface area contributed by atoms with Gasteiger partial charge in [-0.2, -0.15) is 0 Å². The van der Waals surface area contributed by atoms with Crippen molar-refractivity contribution in [2.45, 2.75) is 26.7 Å². The molecule has 0 radical (unpaired) electrons. The van der Waals surface area contributed by atoms with Crippen LogP contribution < -0.4 is 4.74 Å². The maximum absolute atomic E-state index is 9.26.